The summed E-state index contributed by atoms with van der Waals surface area (Å²) in [5, 5.41) is 14.0. The van der Waals surface area contributed by atoms with Crippen molar-refractivity contribution in [2.75, 3.05) is 40.9 Å². The first-order valence-electron chi connectivity index (χ1n) is 32.2. The number of carbonyl (C=O) groups excluding carboxylic acids is 1. The third kappa shape index (κ3) is 60.8. The van der Waals surface area contributed by atoms with Crippen LogP contribution in [0.15, 0.2) is 109 Å². The summed E-state index contributed by atoms with van der Waals surface area (Å²) < 4.78 is 23.5. The Labute approximate surface area is 482 Å². The Morgan fingerprint density at radius 2 is 0.782 bits per heavy atom. The lowest BCUT2D eigenvalue weighted by Gasteiger charge is -2.30. The number of carbonyl (C=O) groups is 1. The number of amides is 1. The lowest BCUT2D eigenvalue weighted by atomic mass is 10.0. The maximum atomic E-state index is 13.0. The average Bonchev–Trinajstić information content (AvgIpc) is 3.40. The van der Waals surface area contributed by atoms with E-state index in [1.807, 2.05) is 21.1 Å². The van der Waals surface area contributed by atoms with Gasteiger partial charge in [-0.05, 0) is 83.5 Å². The molecule has 0 spiro atoms. The first-order valence-corrected chi connectivity index (χ1v) is 33.7. The fraction of sp³-hybridized carbons (Fsp3) is 0.725. The summed E-state index contributed by atoms with van der Waals surface area (Å²) >= 11 is 0. The zero-order chi connectivity index (χ0) is 57.0. The molecule has 1 amide bonds. The quantitative estimate of drug-likeness (QED) is 0.0272. The minimum atomic E-state index is -4.58. The molecule has 0 aromatic heterocycles. The van der Waals surface area contributed by atoms with Gasteiger partial charge in [-0.2, -0.15) is 0 Å². The van der Waals surface area contributed by atoms with Crippen molar-refractivity contribution in [3.63, 3.8) is 0 Å². The van der Waals surface area contributed by atoms with Crippen LogP contribution in [0.25, 0.3) is 0 Å². The van der Waals surface area contributed by atoms with Crippen LogP contribution >= 0.6 is 7.82 Å². The monoisotopic (exact) mass is 1110 g/mol. The smallest absolute Gasteiger partial charge is 0.268 e. The van der Waals surface area contributed by atoms with Crippen molar-refractivity contribution < 1.29 is 32.9 Å². The minimum absolute atomic E-state index is 0.00786. The van der Waals surface area contributed by atoms with Crippen molar-refractivity contribution in [3.8, 4) is 0 Å². The van der Waals surface area contributed by atoms with Crippen LogP contribution in [-0.4, -0.2) is 68.5 Å². The third-order valence-electron chi connectivity index (χ3n) is 14.0. The second kappa shape index (κ2) is 58.8. The lowest BCUT2D eigenvalue weighted by Crippen LogP contribution is -2.46. The summed E-state index contributed by atoms with van der Waals surface area (Å²) in [6.07, 6.45) is 85.6. The zero-order valence-electron chi connectivity index (χ0n) is 51.3. The van der Waals surface area contributed by atoms with E-state index in [9.17, 15) is 19.4 Å². The maximum absolute atomic E-state index is 13.0. The molecule has 78 heavy (non-hydrogen) atoms. The number of phosphoric acid groups is 1. The number of nitrogens with zero attached hydrogens (tertiary/aromatic N) is 1. The number of aliphatic hydroxyl groups is 1. The maximum Gasteiger partial charge on any atom is 0.268 e. The number of unbranched alkanes of at least 4 members (excludes halogenated alkanes) is 27. The number of aliphatic hydroxyl groups excluding tert-OH is 1. The summed E-state index contributed by atoms with van der Waals surface area (Å²) in [7, 11) is 1.30. The van der Waals surface area contributed by atoms with Gasteiger partial charge >= 0.3 is 0 Å². The van der Waals surface area contributed by atoms with Crippen LogP contribution in [0.3, 0.4) is 0 Å². The molecule has 0 aromatic rings. The number of rotatable bonds is 58. The average molecular weight is 1110 g/mol. The molecule has 0 heterocycles. The Morgan fingerprint density at radius 1 is 0.462 bits per heavy atom. The highest BCUT2D eigenvalue weighted by Gasteiger charge is 2.24. The molecule has 2 N–H and O–H groups in total. The Bertz CT molecular complexity index is 1640. The van der Waals surface area contributed by atoms with E-state index in [-0.39, 0.29) is 19.1 Å². The molecule has 0 aliphatic carbocycles. The van der Waals surface area contributed by atoms with Crippen molar-refractivity contribution in [2.45, 2.75) is 283 Å². The summed E-state index contributed by atoms with van der Waals surface area (Å²) in [5.41, 5.74) is 0. The summed E-state index contributed by atoms with van der Waals surface area (Å²) in [4.78, 5) is 25.6. The molecule has 0 fully saturated rings. The van der Waals surface area contributed by atoms with Gasteiger partial charge in [-0.1, -0.05) is 290 Å². The molecule has 0 saturated heterocycles. The fourth-order valence-corrected chi connectivity index (χ4v) is 9.76. The standard InChI is InChI=1S/C69H123N2O6P/c1-6-8-10-12-14-16-18-20-22-24-25-26-27-28-29-30-31-32-33-34-35-36-37-38-39-40-41-42-43-44-45-47-49-51-53-55-57-59-61-63-69(73)70-67(66-77-78(74,75)76-65-64-71(3,4)5)68(72)62-60-58-56-54-52-50-48-46-23-21-19-17-15-13-11-9-7-2/h8,10,14,16,20,22,25-26,28-29,31-32,34-35,37-38,40-41,67-68,72H,6-7,9,11-13,15,17-19,21,23-24,27,30,33,36,39,42-66H2,1-5H3,(H-,70,73,74,75)/b10-8-,16-14-,22-20-,26-25-,29-28-,32-31-,35-34-,38-37-,41-40-. The fourth-order valence-electron chi connectivity index (χ4n) is 9.03. The van der Waals surface area contributed by atoms with Gasteiger partial charge in [0.05, 0.1) is 39.9 Å². The molecule has 8 nitrogen and oxygen atoms in total. The topological polar surface area (TPSA) is 108 Å². The van der Waals surface area contributed by atoms with E-state index in [1.54, 1.807) is 0 Å². The lowest BCUT2D eigenvalue weighted by molar-refractivity contribution is -0.870. The molecule has 9 heteroatoms. The number of phosphoric ester groups is 1. The molecular formula is C69H123N2O6P. The van der Waals surface area contributed by atoms with Crippen LogP contribution in [0.2, 0.25) is 0 Å². The molecule has 0 aliphatic heterocycles. The van der Waals surface area contributed by atoms with Crippen LogP contribution in [0.4, 0.5) is 0 Å². The van der Waals surface area contributed by atoms with E-state index in [2.05, 4.69) is 129 Å². The van der Waals surface area contributed by atoms with Crippen molar-refractivity contribution >= 4 is 13.7 Å². The van der Waals surface area contributed by atoms with Gasteiger partial charge < -0.3 is 28.8 Å². The predicted octanol–water partition coefficient (Wildman–Crippen LogP) is 19.7. The normalized spacial score (nSPS) is 14.5. The predicted molar refractivity (Wildman–Crippen MR) is 339 cm³/mol. The first kappa shape index (κ1) is 75.2. The van der Waals surface area contributed by atoms with Gasteiger partial charge in [0.2, 0.25) is 5.91 Å². The largest absolute Gasteiger partial charge is 0.756 e. The molecule has 3 unspecified atom stereocenters. The Morgan fingerprint density at radius 3 is 1.14 bits per heavy atom. The highest BCUT2D eigenvalue weighted by Crippen LogP contribution is 2.38. The zero-order valence-corrected chi connectivity index (χ0v) is 52.2. The SMILES string of the molecule is CC/C=C\C/C=C\C/C=C\C/C=C\C/C=C\C/C=C\C/C=C\C/C=C\C/C=C\CCCCCCCCCCCCCC(=O)NC(COP(=O)([O-])OCC[N+](C)(C)C)C(O)CCCCCCCCCCCCCCCCCCC. The summed E-state index contributed by atoms with van der Waals surface area (Å²) in [6.45, 7) is 4.62. The van der Waals surface area contributed by atoms with Gasteiger partial charge in [0.15, 0.2) is 0 Å². The van der Waals surface area contributed by atoms with Crippen LogP contribution in [0.1, 0.15) is 271 Å². The molecule has 450 valence electrons. The van der Waals surface area contributed by atoms with E-state index in [0.29, 0.717) is 23.9 Å². The van der Waals surface area contributed by atoms with Crippen molar-refractivity contribution in [3.05, 3.63) is 109 Å². The van der Waals surface area contributed by atoms with E-state index in [4.69, 9.17) is 9.05 Å². The van der Waals surface area contributed by atoms with Gasteiger partial charge in [0.1, 0.15) is 13.2 Å². The van der Waals surface area contributed by atoms with Gasteiger partial charge in [-0.3, -0.25) is 9.36 Å². The van der Waals surface area contributed by atoms with E-state index in [0.717, 1.165) is 96.3 Å². The number of hydrogen-bond donors (Lipinski definition) is 2. The van der Waals surface area contributed by atoms with Crippen LogP contribution < -0.4 is 10.2 Å². The molecule has 0 rings (SSSR count). The van der Waals surface area contributed by atoms with E-state index in [1.165, 1.54) is 148 Å². The van der Waals surface area contributed by atoms with E-state index < -0.39 is 20.0 Å². The van der Waals surface area contributed by atoms with Gasteiger partial charge in [-0.15, -0.1) is 0 Å². The molecule has 0 saturated carbocycles. The molecule has 0 aliphatic rings. The second-order valence-electron chi connectivity index (χ2n) is 22.7. The van der Waals surface area contributed by atoms with Crippen molar-refractivity contribution in [1.29, 1.82) is 0 Å². The Balaban J connectivity index is 4.07. The first-order chi connectivity index (χ1) is 38.0. The highest BCUT2D eigenvalue weighted by atomic mass is 31.2. The van der Waals surface area contributed by atoms with Crippen LogP contribution in [0.5, 0.6) is 0 Å². The molecule has 0 radical (unpaired) electrons. The molecule has 3 atom stereocenters. The Hall–Kier alpha value is -2.84. The highest BCUT2D eigenvalue weighted by molar-refractivity contribution is 7.45. The van der Waals surface area contributed by atoms with Crippen LogP contribution in [0, 0.1) is 0 Å². The van der Waals surface area contributed by atoms with Gasteiger partial charge in [0.25, 0.3) is 7.82 Å². The van der Waals surface area contributed by atoms with Gasteiger partial charge in [0, 0.05) is 6.42 Å². The van der Waals surface area contributed by atoms with Crippen molar-refractivity contribution in [2.24, 2.45) is 0 Å². The second-order valence-corrected chi connectivity index (χ2v) is 24.2. The number of allylic oxidation sites excluding steroid dienone is 18. The molecular weight excluding hydrogens is 984 g/mol. The Kier molecular flexibility index (Phi) is 56.7. The number of hydrogen-bond acceptors (Lipinski definition) is 6. The van der Waals surface area contributed by atoms with Crippen LogP contribution in [-0.2, 0) is 18.4 Å². The van der Waals surface area contributed by atoms with Gasteiger partial charge in [-0.25, -0.2) is 0 Å². The minimum Gasteiger partial charge on any atom is -0.756 e. The summed E-state index contributed by atoms with van der Waals surface area (Å²) in [5.74, 6) is -0.170. The number of quaternary nitrogens is 1. The summed E-state index contributed by atoms with van der Waals surface area (Å²) in [6, 6.07) is -0.809. The van der Waals surface area contributed by atoms with E-state index >= 15 is 0 Å². The third-order valence-corrected chi connectivity index (χ3v) is 15.0. The van der Waals surface area contributed by atoms with Crippen molar-refractivity contribution in [1.82, 2.24) is 5.32 Å². The molecule has 0 bridgehead atoms. The molecule has 0 aromatic carbocycles. The number of nitrogens with one attached hydrogen (secondary N) is 1. The number of likely N-dealkylation sites (N-methyl/N-ethyl adjacent to an activating group) is 1.